The van der Waals surface area contributed by atoms with E-state index in [-0.39, 0.29) is 42.0 Å². The van der Waals surface area contributed by atoms with Crippen molar-refractivity contribution in [3.8, 4) is 5.88 Å². The lowest BCUT2D eigenvalue weighted by Gasteiger charge is -2.17. The number of anilines is 2. The SMILES string of the molecule is C=CC(=O)Nc1ccc(C(=O)N2CCC(Nc3ncc(Cl)c(OCCO)n3)C2)cc1. The molecule has 0 saturated carbocycles. The Balaban J connectivity index is 1.58. The molecule has 1 atom stereocenters. The van der Waals surface area contributed by atoms with E-state index in [2.05, 4.69) is 27.2 Å². The van der Waals surface area contributed by atoms with Crippen molar-refractivity contribution in [1.29, 1.82) is 0 Å². The Morgan fingerprint density at radius 3 is 2.83 bits per heavy atom. The molecular formula is C20H22ClN5O4. The van der Waals surface area contributed by atoms with Crippen molar-refractivity contribution >= 4 is 35.1 Å². The van der Waals surface area contributed by atoms with Crippen molar-refractivity contribution in [2.24, 2.45) is 0 Å². The Morgan fingerprint density at radius 2 is 2.13 bits per heavy atom. The van der Waals surface area contributed by atoms with Crippen LogP contribution in [0.1, 0.15) is 16.8 Å². The van der Waals surface area contributed by atoms with Crippen molar-refractivity contribution < 1.29 is 19.4 Å². The predicted molar refractivity (Wildman–Crippen MR) is 113 cm³/mol. The molecule has 1 unspecified atom stereocenters. The van der Waals surface area contributed by atoms with Gasteiger partial charge in [-0.1, -0.05) is 18.2 Å². The van der Waals surface area contributed by atoms with E-state index in [4.69, 9.17) is 21.4 Å². The number of benzene rings is 1. The second-order valence-electron chi connectivity index (χ2n) is 6.57. The Labute approximate surface area is 178 Å². The number of ether oxygens (including phenoxy) is 1. The summed E-state index contributed by atoms with van der Waals surface area (Å²) in [5.41, 5.74) is 1.13. The molecule has 9 nitrogen and oxygen atoms in total. The number of aliphatic hydroxyl groups excluding tert-OH is 1. The van der Waals surface area contributed by atoms with E-state index in [0.29, 0.717) is 30.3 Å². The normalized spacial score (nSPS) is 15.5. The largest absolute Gasteiger partial charge is 0.474 e. The van der Waals surface area contributed by atoms with Crippen LogP contribution in [0.4, 0.5) is 11.6 Å². The molecule has 2 aromatic rings. The molecule has 1 aliphatic heterocycles. The summed E-state index contributed by atoms with van der Waals surface area (Å²) in [4.78, 5) is 34.2. The maximum Gasteiger partial charge on any atom is 0.253 e. The van der Waals surface area contributed by atoms with Crippen molar-refractivity contribution in [2.75, 3.05) is 36.9 Å². The van der Waals surface area contributed by atoms with Gasteiger partial charge in [-0.05, 0) is 36.8 Å². The number of likely N-dealkylation sites (tertiary alicyclic amines) is 1. The maximum absolute atomic E-state index is 12.8. The molecule has 0 bridgehead atoms. The number of nitrogens with one attached hydrogen (secondary N) is 2. The zero-order valence-electron chi connectivity index (χ0n) is 16.2. The molecule has 10 heteroatoms. The van der Waals surface area contributed by atoms with Gasteiger partial charge >= 0.3 is 0 Å². The van der Waals surface area contributed by atoms with Gasteiger partial charge in [0.05, 0.1) is 12.8 Å². The van der Waals surface area contributed by atoms with Gasteiger partial charge in [0.15, 0.2) is 0 Å². The zero-order valence-corrected chi connectivity index (χ0v) is 16.9. The summed E-state index contributed by atoms with van der Waals surface area (Å²) in [6.45, 7) is 4.42. The lowest BCUT2D eigenvalue weighted by atomic mass is 10.2. The van der Waals surface area contributed by atoms with Gasteiger partial charge in [0.2, 0.25) is 17.7 Å². The number of hydrogen-bond donors (Lipinski definition) is 3. The van der Waals surface area contributed by atoms with Gasteiger partial charge in [-0.25, -0.2) is 4.98 Å². The van der Waals surface area contributed by atoms with Crippen LogP contribution in [0.15, 0.2) is 43.1 Å². The van der Waals surface area contributed by atoms with Crippen LogP contribution in [0.3, 0.4) is 0 Å². The van der Waals surface area contributed by atoms with Gasteiger partial charge in [0, 0.05) is 30.4 Å². The molecule has 3 N–H and O–H groups in total. The van der Waals surface area contributed by atoms with E-state index < -0.39 is 0 Å². The van der Waals surface area contributed by atoms with Crippen LogP contribution in [0.5, 0.6) is 5.88 Å². The summed E-state index contributed by atoms with van der Waals surface area (Å²) in [5, 5.41) is 15.0. The van der Waals surface area contributed by atoms with Crippen LogP contribution >= 0.6 is 11.6 Å². The van der Waals surface area contributed by atoms with Crippen LogP contribution < -0.4 is 15.4 Å². The number of carbonyl (C=O) groups is 2. The Hall–Kier alpha value is -3.17. The quantitative estimate of drug-likeness (QED) is 0.547. The van der Waals surface area contributed by atoms with Crippen LogP contribution in [-0.4, -0.2) is 64.1 Å². The Morgan fingerprint density at radius 1 is 1.37 bits per heavy atom. The number of hydrogen-bond acceptors (Lipinski definition) is 7. The minimum absolute atomic E-state index is 0.0213. The topological polar surface area (TPSA) is 117 Å². The second-order valence-corrected chi connectivity index (χ2v) is 6.98. The van der Waals surface area contributed by atoms with Crippen LogP contribution in [0, 0.1) is 0 Å². The molecule has 30 heavy (non-hydrogen) atoms. The molecular weight excluding hydrogens is 410 g/mol. The predicted octanol–water partition coefficient (Wildman–Crippen LogP) is 1.95. The van der Waals surface area contributed by atoms with Crippen molar-refractivity contribution in [3.05, 3.63) is 53.7 Å². The minimum Gasteiger partial charge on any atom is -0.474 e. The third-order valence-corrected chi connectivity index (χ3v) is 4.69. The summed E-state index contributed by atoms with van der Waals surface area (Å²) in [6, 6.07) is 6.68. The fraction of sp³-hybridized carbons (Fsp3) is 0.300. The fourth-order valence-corrected chi connectivity index (χ4v) is 3.13. The molecule has 3 rings (SSSR count). The van der Waals surface area contributed by atoms with E-state index in [0.717, 1.165) is 6.42 Å². The van der Waals surface area contributed by atoms with Crippen molar-refractivity contribution in [1.82, 2.24) is 14.9 Å². The monoisotopic (exact) mass is 431 g/mol. The fourth-order valence-electron chi connectivity index (χ4n) is 2.98. The van der Waals surface area contributed by atoms with E-state index >= 15 is 0 Å². The first-order chi connectivity index (χ1) is 14.5. The smallest absolute Gasteiger partial charge is 0.253 e. The summed E-state index contributed by atoms with van der Waals surface area (Å²) in [7, 11) is 0. The molecule has 1 aliphatic rings. The first kappa shape index (κ1) is 21.5. The van der Waals surface area contributed by atoms with Gasteiger partial charge < -0.3 is 25.4 Å². The highest BCUT2D eigenvalue weighted by Gasteiger charge is 2.27. The average molecular weight is 432 g/mol. The van der Waals surface area contributed by atoms with Crippen LogP contribution in [0.2, 0.25) is 5.02 Å². The average Bonchev–Trinajstić information content (AvgIpc) is 3.22. The molecule has 1 saturated heterocycles. The molecule has 0 radical (unpaired) electrons. The standard InChI is InChI=1S/C20H22ClN5O4/c1-2-17(28)23-14-5-3-13(4-6-14)19(29)26-8-7-15(12-26)24-20-22-11-16(21)18(25-20)30-10-9-27/h2-6,11,15,27H,1,7-10,12H2,(H,23,28)(H,22,24,25). The molecule has 0 spiro atoms. The number of halogens is 1. The number of amides is 2. The molecule has 1 aromatic carbocycles. The van der Waals surface area contributed by atoms with E-state index in [1.807, 2.05) is 0 Å². The molecule has 2 heterocycles. The van der Waals surface area contributed by atoms with Gasteiger partial charge in [-0.15, -0.1) is 0 Å². The van der Waals surface area contributed by atoms with Crippen LogP contribution in [0.25, 0.3) is 0 Å². The van der Waals surface area contributed by atoms with E-state index in [1.54, 1.807) is 29.2 Å². The Bertz CT molecular complexity index is 922. The van der Waals surface area contributed by atoms with E-state index in [1.165, 1.54) is 12.3 Å². The Kier molecular flexibility index (Phi) is 7.21. The summed E-state index contributed by atoms with van der Waals surface area (Å²) < 4.78 is 5.28. The molecule has 0 aliphatic carbocycles. The third-order valence-electron chi connectivity index (χ3n) is 4.44. The first-order valence-electron chi connectivity index (χ1n) is 9.35. The van der Waals surface area contributed by atoms with Crippen molar-refractivity contribution in [3.63, 3.8) is 0 Å². The third kappa shape index (κ3) is 5.46. The molecule has 1 aromatic heterocycles. The summed E-state index contributed by atoms with van der Waals surface area (Å²) in [5.74, 6) is 0.133. The lowest BCUT2D eigenvalue weighted by Crippen LogP contribution is -2.31. The highest BCUT2D eigenvalue weighted by Crippen LogP contribution is 2.23. The lowest BCUT2D eigenvalue weighted by molar-refractivity contribution is -0.111. The van der Waals surface area contributed by atoms with Gasteiger partial charge in [0.25, 0.3) is 5.91 Å². The van der Waals surface area contributed by atoms with Crippen LogP contribution in [-0.2, 0) is 4.79 Å². The highest BCUT2D eigenvalue weighted by atomic mass is 35.5. The molecule has 1 fully saturated rings. The number of nitrogens with zero attached hydrogens (tertiary/aromatic N) is 3. The number of rotatable bonds is 8. The number of aliphatic hydroxyl groups is 1. The second kappa shape index (κ2) is 10.0. The van der Waals surface area contributed by atoms with Crippen molar-refractivity contribution in [2.45, 2.75) is 12.5 Å². The highest BCUT2D eigenvalue weighted by molar-refractivity contribution is 6.31. The summed E-state index contributed by atoms with van der Waals surface area (Å²) >= 11 is 5.99. The zero-order chi connectivity index (χ0) is 21.5. The van der Waals surface area contributed by atoms with E-state index in [9.17, 15) is 9.59 Å². The van der Waals surface area contributed by atoms with Gasteiger partial charge in [-0.2, -0.15) is 4.98 Å². The number of aromatic nitrogens is 2. The maximum atomic E-state index is 12.8. The summed E-state index contributed by atoms with van der Waals surface area (Å²) in [6.07, 6.45) is 3.34. The number of carbonyl (C=O) groups excluding carboxylic acids is 2. The van der Waals surface area contributed by atoms with Gasteiger partial charge in [0.1, 0.15) is 11.6 Å². The minimum atomic E-state index is -0.308. The molecule has 2 amide bonds. The molecule has 158 valence electrons. The first-order valence-corrected chi connectivity index (χ1v) is 9.73. The van der Waals surface area contributed by atoms with Gasteiger partial charge in [-0.3, -0.25) is 9.59 Å².